The lowest BCUT2D eigenvalue weighted by molar-refractivity contribution is -0.384. The number of nitro benzene ring substituents is 1. The average Bonchev–Trinajstić information content (AvgIpc) is 2.91. The third-order valence-electron chi connectivity index (χ3n) is 4.27. The standard InChI is InChI=1S/C19H16N2O6/c1-2-27-19(24)16(11-12-7-9-13(10-8-12)21(25)26)20-17(22)14-5-3-4-6-15(14)18(20)23/h3-10,16H,2,11H2,1H3. The number of benzene rings is 2. The highest BCUT2D eigenvalue weighted by Crippen LogP contribution is 2.26. The highest BCUT2D eigenvalue weighted by Gasteiger charge is 2.43. The summed E-state index contributed by atoms with van der Waals surface area (Å²) >= 11 is 0. The zero-order chi connectivity index (χ0) is 19.6. The molecule has 138 valence electrons. The molecule has 0 radical (unpaired) electrons. The molecule has 1 aliphatic heterocycles. The lowest BCUT2D eigenvalue weighted by atomic mass is 10.0. The molecule has 0 N–H and O–H groups in total. The van der Waals surface area contributed by atoms with Crippen molar-refractivity contribution in [2.75, 3.05) is 6.61 Å². The Morgan fingerprint density at radius 1 is 1.07 bits per heavy atom. The van der Waals surface area contributed by atoms with Crippen LogP contribution in [0.1, 0.15) is 33.2 Å². The Morgan fingerprint density at radius 2 is 1.63 bits per heavy atom. The van der Waals surface area contributed by atoms with E-state index in [2.05, 4.69) is 0 Å². The van der Waals surface area contributed by atoms with Gasteiger partial charge in [0.15, 0.2) is 0 Å². The van der Waals surface area contributed by atoms with E-state index in [4.69, 9.17) is 4.74 Å². The van der Waals surface area contributed by atoms with Crippen molar-refractivity contribution in [3.05, 3.63) is 75.3 Å². The molecule has 0 fully saturated rings. The lowest BCUT2D eigenvalue weighted by Crippen LogP contribution is -2.47. The van der Waals surface area contributed by atoms with Crippen molar-refractivity contribution in [3.63, 3.8) is 0 Å². The van der Waals surface area contributed by atoms with E-state index in [0.717, 1.165) is 4.90 Å². The molecule has 27 heavy (non-hydrogen) atoms. The van der Waals surface area contributed by atoms with Gasteiger partial charge in [0, 0.05) is 18.6 Å². The van der Waals surface area contributed by atoms with E-state index in [1.807, 2.05) is 0 Å². The molecule has 0 saturated carbocycles. The van der Waals surface area contributed by atoms with Gasteiger partial charge in [0.05, 0.1) is 22.7 Å². The maximum absolute atomic E-state index is 12.7. The number of rotatable bonds is 6. The monoisotopic (exact) mass is 368 g/mol. The number of carbonyl (C=O) groups is 3. The molecule has 2 aromatic carbocycles. The first kappa shape index (κ1) is 18.2. The molecule has 2 amide bonds. The molecule has 1 unspecified atom stereocenters. The second-order valence-electron chi connectivity index (χ2n) is 5.92. The summed E-state index contributed by atoms with van der Waals surface area (Å²) in [6.07, 6.45) is 0.00228. The molecule has 3 rings (SSSR count). The third kappa shape index (κ3) is 3.41. The highest BCUT2D eigenvalue weighted by molar-refractivity contribution is 6.22. The molecular weight excluding hydrogens is 352 g/mol. The number of fused-ring (bicyclic) bond motifs is 1. The Morgan fingerprint density at radius 3 is 2.11 bits per heavy atom. The van der Waals surface area contributed by atoms with Gasteiger partial charge in [-0.15, -0.1) is 0 Å². The van der Waals surface area contributed by atoms with Crippen LogP contribution in [0.5, 0.6) is 0 Å². The fourth-order valence-electron chi connectivity index (χ4n) is 2.99. The van der Waals surface area contributed by atoms with Gasteiger partial charge >= 0.3 is 5.97 Å². The van der Waals surface area contributed by atoms with Crippen LogP contribution in [0.4, 0.5) is 5.69 Å². The second-order valence-corrected chi connectivity index (χ2v) is 5.92. The quantitative estimate of drug-likeness (QED) is 0.335. The second kappa shape index (κ2) is 7.36. The van der Waals surface area contributed by atoms with E-state index in [0.29, 0.717) is 5.56 Å². The predicted octanol–water partition coefficient (Wildman–Crippen LogP) is 2.37. The van der Waals surface area contributed by atoms with Crippen LogP contribution < -0.4 is 0 Å². The van der Waals surface area contributed by atoms with Crippen LogP contribution in [0.2, 0.25) is 0 Å². The van der Waals surface area contributed by atoms with Gasteiger partial charge in [-0.1, -0.05) is 24.3 Å². The summed E-state index contributed by atoms with van der Waals surface area (Å²) in [4.78, 5) is 49.0. The smallest absolute Gasteiger partial charge is 0.329 e. The van der Waals surface area contributed by atoms with E-state index in [1.54, 1.807) is 19.1 Å². The minimum atomic E-state index is -1.15. The largest absolute Gasteiger partial charge is 0.464 e. The van der Waals surface area contributed by atoms with E-state index in [1.165, 1.54) is 36.4 Å². The Hall–Kier alpha value is -3.55. The molecule has 0 spiro atoms. The number of hydrogen-bond acceptors (Lipinski definition) is 6. The number of nitro groups is 1. The zero-order valence-corrected chi connectivity index (χ0v) is 14.5. The molecule has 8 heteroatoms. The van der Waals surface area contributed by atoms with Crippen molar-refractivity contribution >= 4 is 23.5 Å². The SMILES string of the molecule is CCOC(=O)C(Cc1ccc([N+](=O)[O-])cc1)N1C(=O)c2ccccc2C1=O. The highest BCUT2D eigenvalue weighted by atomic mass is 16.6. The minimum absolute atomic E-state index is 0.00228. The number of hydrogen-bond donors (Lipinski definition) is 0. The summed E-state index contributed by atoms with van der Waals surface area (Å²) in [6, 6.07) is 10.8. The van der Waals surface area contributed by atoms with Crippen molar-refractivity contribution in [2.24, 2.45) is 0 Å². The molecule has 1 atom stereocenters. The molecule has 2 aromatic rings. The van der Waals surface area contributed by atoms with Crippen LogP contribution in [0.25, 0.3) is 0 Å². The van der Waals surface area contributed by atoms with Crippen molar-refractivity contribution in [1.82, 2.24) is 4.90 Å². The van der Waals surface area contributed by atoms with Crippen LogP contribution in [-0.4, -0.2) is 40.3 Å². The fraction of sp³-hybridized carbons (Fsp3) is 0.211. The normalized spacial score (nSPS) is 14.0. The molecule has 0 aliphatic carbocycles. The summed E-state index contributed by atoms with van der Waals surface area (Å²) in [7, 11) is 0. The van der Waals surface area contributed by atoms with E-state index in [-0.39, 0.29) is 29.8 Å². The van der Waals surface area contributed by atoms with Gasteiger partial charge in [-0.2, -0.15) is 0 Å². The Bertz CT molecular complexity index is 887. The first-order valence-electron chi connectivity index (χ1n) is 8.31. The first-order chi connectivity index (χ1) is 12.9. The van der Waals surface area contributed by atoms with Crippen molar-refractivity contribution < 1.29 is 24.0 Å². The number of ether oxygens (including phenoxy) is 1. The van der Waals surface area contributed by atoms with Gasteiger partial charge in [0.1, 0.15) is 6.04 Å². The van der Waals surface area contributed by atoms with E-state index in [9.17, 15) is 24.5 Å². The van der Waals surface area contributed by atoms with Gasteiger partial charge in [0.2, 0.25) is 0 Å². The van der Waals surface area contributed by atoms with E-state index >= 15 is 0 Å². The van der Waals surface area contributed by atoms with Gasteiger partial charge in [-0.3, -0.25) is 24.6 Å². The number of carbonyl (C=O) groups excluding carboxylic acids is 3. The third-order valence-corrected chi connectivity index (χ3v) is 4.27. The molecule has 0 saturated heterocycles. The minimum Gasteiger partial charge on any atom is -0.464 e. The van der Waals surface area contributed by atoms with Crippen molar-refractivity contribution in [1.29, 1.82) is 0 Å². The number of imide groups is 1. The van der Waals surface area contributed by atoms with Crippen molar-refractivity contribution in [3.8, 4) is 0 Å². The number of nitrogens with zero attached hydrogens (tertiary/aromatic N) is 2. The van der Waals surface area contributed by atoms with Crippen LogP contribution in [0.3, 0.4) is 0 Å². The number of non-ortho nitro benzene ring substituents is 1. The predicted molar refractivity (Wildman–Crippen MR) is 94.2 cm³/mol. The number of amides is 2. The fourth-order valence-corrected chi connectivity index (χ4v) is 2.99. The number of esters is 1. The Kier molecular flexibility index (Phi) is 4.98. The zero-order valence-electron chi connectivity index (χ0n) is 14.5. The van der Waals surface area contributed by atoms with Crippen LogP contribution in [0.15, 0.2) is 48.5 Å². The molecule has 0 bridgehead atoms. The summed E-state index contributed by atoms with van der Waals surface area (Å²) in [5.41, 5.74) is 0.948. The van der Waals surface area contributed by atoms with Crippen LogP contribution in [-0.2, 0) is 16.0 Å². The first-order valence-corrected chi connectivity index (χ1v) is 8.31. The summed E-state index contributed by atoms with van der Waals surface area (Å²) in [6.45, 7) is 1.72. The molecule has 1 aliphatic rings. The maximum Gasteiger partial charge on any atom is 0.329 e. The lowest BCUT2D eigenvalue weighted by Gasteiger charge is -2.24. The van der Waals surface area contributed by atoms with Gasteiger partial charge in [-0.05, 0) is 24.6 Å². The summed E-state index contributed by atoms with van der Waals surface area (Å²) in [5.74, 6) is -1.82. The molecular formula is C19H16N2O6. The van der Waals surface area contributed by atoms with Crippen molar-refractivity contribution in [2.45, 2.75) is 19.4 Å². The summed E-state index contributed by atoms with van der Waals surface area (Å²) < 4.78 is 5.05. The van der Waals surface area contributed by atoms with Crippen LogP contribution in [0, 0.1) is 10.1 Å². The van der Waals surface area contributed by atoms with Crippen LogP contribution >= 0.6 is 0 Å². The Balaban J connectivity index is 1.93. The molecule has 1 heterocycles. The molecule has 0 aromatic heterocycles. The maximum atomic E-state index is 12.7. The Labute approximate surface area is 154 Å². The topological polar surface area (TPSA) is 107 Å². The summed E-state index contributed by atoms with van der Waals surface area (Å²) in [5, 5.41) is 10.8. The van der Waals surface area contributed by atoms with E-state index < -0.39 is 28.7 Å². The van der Waals surface area contributed by atoms with Gasteiger partial charge in [-0.25, -0.2) is 4.79 Å². The average molecular weight is 368 g/mol. The van der Waals surface area contributed by atoms with Gasteiger partial charge in [0.25, 0.3) is 17.5 Å². The van der Waals surface area contributed by atoms with Gasteiger partial charge < -0.3 is 4.74 Å². The molecule has 8 nitrogen and oxygen atoms in total.